The van der Waals surface area contributed by atoms with Crippen molar-refractivity contribution in [3.63, 3.8) is 0 Å². The van der Waals surface area contributed by atoms with Crippen LogP contribution in [0.25, 0.3) is 0 Å². The summed E-state index contributed by atoms with van der Waals surface area (Å²) >= 11 is 0. The Hall–Kier alpha value is -0.860. The highest BCUT2D eigenvalue weighted by Crippen LogP contribution is 2.39. The maximum atomic E-state index is 5.72. The van der Waals surface area contributed by atoms with E-state index in [0.717, 1.165) is 0 Å². The molecule has 1 heterocycles. The molecule has 0 N–H and O–H groups in total. The van der Waals surface area contributed by atoms with E-state index >= 15 is 0 Å². The Kier molecular flexibility index (Phi) is 3.28. The number of hydrogen-bond acceptors (Lipinski definition) is 2. The van der Waals surface area contributed by atoms with Crippen LogP contribution < -0.4 is 0 Å². The third kappa shape index (κ3) is 2.08. The van der Waals surface area contributed by atoms with Gasteiger partial charge in [0.2, 0.25) is 0 Å². The van der Waals surface area contributed by atoms with Crippen molar-refractivity contribution < 1.29 is 9.47 Å². The summed E-state index contributed by atoms with van der Waals surface area (Å²) < 4.78 is 11.1. The van der Waals surface area contributed by atoms with Gasteiger partial charge in [0.05, 0.1) is 13.2 Å². The first-order valence-corrected chi connectivity index (χ1v) is 6.55. The Morgan fingerprint density at radius 2 is 1.61 bits per heavy atom. The minimum Gasteiger partial charge on any atom is -0.375 e. The van der Waals surface area contributed by atoms with Crippen LogP contribution in [0.15, 0.2) is 12.1 Å². The van der Waals surface area contributed by atoms with Crippen LogP contribution >= 0.6 is 0 Å². The van der Waals surface area contributed by atoms with E-state index in [1.165, 1.54) is 22.3 Å². The number of methoxy groups -OCH3 is 1. The van der Waals surface area contributed by atoms with Gasteiger partial charge in [-0.15, -0.1) is 0 Å². The van der Waals surface area contributed by atoms with Gasteiger partial charge in [0.15, 0.2) is 0 Å². The standard InChI is InChI=1S/C16H24O2/c1-11-7-13(15(3,4)5)8-12(2)14(11)16(17-6)9-18-10-16/h7-8H,9-10H2,1-6H3. The first-order valence-electron chi connectivity index (χ1n) is 6.55. The summed E-state index contributed by atoms with van der Waals surface area (Å²) in [6.45, 7) is 12.4. The zero-order chi connectivity index (χ0) is 13.6. The van der Waals surface area contributed by atoms with E-state index in [-0.39, 0.29) is 11.0 Å². The van der Waals surface area contributed by atoms with Crippen LogP contribution in [0.2, 0.25) is 0 Å². The lowest BCUT2D eigenvalue weighted by Crippen LogP contribution is -2.49. The highest BCUT2D eigenvalue weighted by molar-refractivity contribution is 5.44. The Morgan fingerprint density at radius 3 is 1.89 bits per heavy atom. The van der Waals surface area contributed by atoms with E-state index in [2.05, 4.69) is 46.8 Å². The summed E-state index contributed by atoms with van der Waals surface area (Å²) in [5.41, 5.74) is 5.28. The zero-order valence-electron chi connectivity index (χ0n) is 12.4. The summed E-state index contributed by atoms with van der Waals surface area (Å²) in [6, 6.07) is 4.59. The maximum absolute atomic E-state index is 5.72. The molecule has 0 atom stereocenters. The van der Waals surface area contributed by atoms with Crippen molar-refractivity contribution in [3.8, 4) is 0 Å². The number of aryl methyl sites for hydroxylation is 2. The molecule has 2 heteroatoms. The maximum Gasteiger partial charge on any atom is 0.140 e. The van der Waals surface area contributed by atoms with Gasteiger partial charge < -0.3 is 9.47 Å². The molecule has 0 aliphatic carbocycles. The Labute approximate surface area is 110 Å². The van der Waals surface area contributed by atoms with Gasteiger partial charge in [-0.2, -0.15) is 0 Å². The summed E-state index contributed by atoms with van der Waals surface area (Å²) in [4.78, 5) is 0. The quantitative estimate of drug-likeness (QED) is 0.798. The molecule has 18 heavy (non-hydrogen) atoms. The SMILES string of the molecule is COC1(c2c(C)cc(C(C)(C)C)cc2C)COC1. The monoisotopic (exact) mass is 248 g/mol. The highest BCUT2D eigenvalue weighted by atomic mass is 16.6. The third-order valence-corrected chi connectivity index (χ3v) is 3.92. The molecular weight excluding hydrogens is 224 g/mol. The number of ether oxygens (including phenoxy) is 2. The Bertz CT molecular complexity index is 422. The first-order chi connectivity index (χ1) is 8.30. The molecule has 1 aromatic carbocycles. The molecule has 1 aromatic rings. The van der Waals surface area contributed by atoms with Gasteiger partial charge in [0.25, 0.3) is 0 Å². The van der Waals surface area contributed by atoms with Gasteiger partial charge in [0.1, 0.15) is 5.60 Å². The molecule has 1 aliphatic rings. The molecule has 0 bridgehead atoms. The second-order valence-corrected chi connectivity index (χ2v) is 6.43. The predicted molar refractivity (Wildman–Crippen MR) is 74.1 cm³/mol. The van der Waals surface area contributed by atoms with Crippen molar-refractivity contribution in [1.82, 2.24) is 0 Å². The molecule has 0 amide bonds. The molecule has 0 aromatic heterocycles. The second-order valence-electron chi connectivity index (χ2n) is 6.43. The summed E-state index contributed by atoms with van der Waals surface area (Å²) in [5, 5.41) is 0. The van der Waals surface area contributed by atoms with E-state index in [0.29, 0.717) is 13.2 Å². The van der Waals surface area contributed by atoms with Crippen LogP contribution in [0.5, 0.6) is 0 Å². The lowest BCUT2D eigenvalue weighted by atomic mass is 9.79. The minimum atomic E-state index is -0.218. The smallest absolute Gasteiger partial charge is 0.140 e. The third-order valence-electron chi connectivity index (χ3n) is 3.92. The van der Waals surface area contributed by atoms with Crippen LogP contribution in [-0.2, 0) is 20.5 Å². The lowest BCUT2D eigenvalue weighted by Gasteiger charge is -2.42. The molecule has 0 saturated carbocycles. The Balaban J connectivity index is 2.51. The van der Waals surface area contributed by atoms with E-state index in [9.17, 15) is 0 Å². The van der Waals surface area contributed by atoms with E-state index in [1.54, 1.807) is 7.11 Å². The fourth-order valence-corrected chi connectivity index (χ4v) is 2.77. The van der Waals surface area contributed by atoms with Crippen LogP contribution in [-0.4, -0.2) is 20.3 Å². The Morgan fingerprint density at radius 1 is 1.11 bits per heavy atom. The second kappa shape index (κ2) is 4.36. The number of hydrogen-bond donors (Lipinski definition) is 0. The van der Waals surface area contributed by atoms with Crippen LogP contribution in [0.3, 0.4) is 0 Å². The first kappa shape index (κ1) is 13.6. The van der Waals surface area contributed by atoms with Crippen LogP contribution in [0, 0.1) is 13.8 Å². The zero-order valence-corrected chi connectivity index (χ0v) is 12.4. The van der Waals surface area contributed by atoms with Gasteiger partial charge in [-0.05, 0) is 41.5 Å². The van der Waals surface area contributed by atoms with Gasteiger partial charge >= 0.3 is 0 Å². The van der Waals surface area contributed by atoms with E-state index < -0.39 is 0 Å². The number of rotatable bonds is 2. The van der Waals surface area contributed by atoms with Gasteiger partial charge in [-0.25, -0.2) is 0 Å². The average molecular weight is 248 g/mol. The summed E-state index contributed by atoms with van der Waals surface area (Å²) in [6.07, 6.45) is 0. The molecule has 1 aliphatic heterocycles. The fourth-order valence-electron chi connectivity index (χ4n) is 2.77. The molecule has 1 saturated heterocycles. The molecule has 1 fully saturated rings. The average Bonchev–Trinajstić information content (AvgIpc) is 2.19. The van der Waals surface area contributed by atoms with Gasteiger partial charge in [0, 0.05) is 7.11 Å². The van der Waals surface area contributed by atoms with Crippen molar-refractivity contribution >= 4 is 0 Å². The molecule has 0 unspecified atom stereocenters. The lowest BCUT2D eigenvalue weighted by molar-refractivity contribution is -0.203. The largest absolute Gasteiger partial charge is 0.375 e. The van der Waals surface area contributed by atoms with E-state index in [1.807, 2.05) is 0 Å². The molecule has 100 valence electrons. The van der Waals surface area contributed by atoms with Crippen LogP contribution in [0.4, 0.5) is 0 Å². The highest BCUT2D eigenvalue weighted by Gasteiger charge is 2.42. The van der Waals surface area contributed by atoms with Crippen molar-refractivity contribution in [2.75, 3.05) is 20.3 Å². The molecule has 2 rings (SSSR count). The summed E-state index contributed by atoms with van der Waals surface area (Å²) in [7, 11) is 1.78. The van der Waals surface area contributed by atoms with Crippen molar-refractivity contribution in [1.29, 1.82) is 0 Å². The molecule has 0 radical (unpaired) electrons. The van der Waals surface area contributed by atoms with Crippen LogP contribution in [0.1, 0.15) is 43.0 Å². The van der Waals surface area contributed by atoms with Gasteiger partial charge in [-0.3, -0.25) is 0 Å². The topological polar surface area (TPSA) is 18.5 Å². The van der Waals surface area contributed by atoms with Crippen molar-refractivity contribution in [2.24, 2.45) is 0 Å². The normalized spacial score (nSPS) is 18.6. The molecule has 2 nitrogen and oxygen atoms in total. The van der Waals surface area contributed by atoms with Crippen molar-refractivity contribution in [2.45, 2.75) is 45.6 Å². The van der Waals surface area contributed by atoms with Crippen molar-refractivity contribution in [3.05, 3.63) is 34.4 Å². The van der Waals surface area contributed by atoms with E-state index in [4.69, 9.17) is 9.47 Å². The number of benzene rings is 1. The summed E-state index contributed by atoms with van der Waals surface area (Å²) in [5.74, 6) is 0. The minimum absolute atomic E-state index is 0.185. The van der Waals surface area contributed by atoms with Gasteiger partial charge in [-0.1, -0.05) is 32.9 Å². The molecule has 0 spiro atoms. The predicted octanol–water partition coefficient (Wildman–Crippen LogP) is 3.47. The molecular formula is C16H24O2. The fraction of sp³-hybridized carbons (Fsp3) is 0.625.